The summed E-state index contributed by atoms with van der Waals surface area (Å²) in [6, 6.07) is 0. The van der Waals surface area contributed by atoms with E-state index in [2.05, 4.69) is 20.4 Å². The lowest BCUT2D eigenvalue weighted by molar-refractivity contribution is -0.185. The fraction of sp³-hybridized carbons (Fsp3) is 0.824. The van der Waals surface area contributed by atoms with Crippen molar-refractivity contribution in [2.45, 2.75) is 58.5 Å². The van der Waals surface area contributed by atoms with Crippen LogP contribution in [0, 0.1) is 29.1 Å². The van der Waals surface area contributed by atoms with Gasteiger partial charge in [0.05, 0.1) is 0 Å². The quantitative estimate of drug-likeness (QED) is 0.566. The number of carbonyl (C=O) groups excluding carboxylic acids is 1. The Labute approximate surface area is 116 Å². The largest absolute Gasteiger partial charge is 0.459 e. The van der Waals surface area contributed by atoms with Gasteiger partial charge in [0, 0.05) is 11.5 Å². The van der Waals surface area contributed by atoms with Crippen molar-refractivity contribution < 1.29 is 9.53 Å². The lowest BCUT2D eigenvalue weighted by Crippen LogP contribution is -2.57. The molecule has 4 fully saturated rings. The van der Waals surface area contributed by atoms with Crippen LogP contribution in [0.1, 0.15) is 52.4 Å². The average molecular weight is 262 g/mol. The minimum Gasteiger partial charge on any atom is -0.459 e. The summed E-state index contributed by atoms with van der Waals surface area (Å²) < 4.78 is 5.66. The van der Waals surface area contributed by atoms with Gasteiger partial charge in [0.25, 0.3) is 0 Å². The maximum atomic E-state index is 11.6. The van der Waals surface area contributed by atoms with E-state index in [-0.39, 0.29) is 17.5 Å². The zero-order valence-electron chi connectivity index (χ0n) is 12.2. The van der Waals surface area contributed by atoms with E-state index in [0.717, 1.165) is 23.7 Å². The van der Waals surface area contributed by atoms with Gasteiger partial charge in [-0.05, 0) is 62.7 Å². The molecule has 0 radical (unpaired) electrons. The fourth-order valence-corrected chi connectivity index (χ4v) is 5.92. The molecule has 4 saturated carbocycles. The van der Waals surface area contributed by atoms with Crippen molar-refractivity contribution in [3.05, 3.63) is 12.7 Å². The van der Waals surface area contributed by atoms with Crippen LogP contribution in [-0.2, 0) is 9.53 Å². The molecular formula is C17H26O2. The highest BCUT2D eigenvalue weighted by molar-refractivity contribution is 5.81. The number of hydrogen-bond acceptors (Lipinski definition) is 2. The maximum absolute atomic E-state index is 11.6. The van der Waals surface area contributed by atoms with Gasteiger partial charge in [0.15, 0.2) is 0 Å². The molecule has 0 saturated heterocycles. The smallest absolute Gasteiger partial charge is 0.330 e. The molecule has 0 spiro atoms. The van der Waals surface area contributed by atoms with Crippen molar-refractivity contribution in [2.24, 2.45) is 29.1 Å². The molecule has 0 aromatic heterocycles. The van der Waals surface area contributed by atoms with Crippen molar-refractivity contribution in [2.75, 3.05) is 0 Å². The third-order valence-corrected chi connectivity index (χ3v) is 6.29. The van der Waals surface area contributed by atoms with Crippen LogP contribution in [0.2, 0.25) is 0 Å². The van der Waals surface area contributed by atoms with E-state index in [0.29, 0.717) is 0 Å². The molecule has 2 nitrogen and oxygen atoms in total. The van der Waals surface area contributed by atoms with Crippen molar-refractivity contribution in [1.29, 1.82) is 0 Å². The molecule has 0 heterocycles. The van der Waals surface area contributed by atoms with E-state index in [1.807, 2.05) is 0 Å². The maximum Gasteiger partial charge on any atom is 0.330 e. The van der Waals surface area contributed by atoms with Gasteiger partial charge in [-0.1, -0.05) is 19.9 Å². The van der Waals surface area contributed by atoms with Gasteiger partial charge < -0.3 is 4.74 Å². The molecule has 4 atom stereocenters. The Morgan fingerprint density at radius 3 is 2.53 bits per heavy atom. The summed E-state index contributed by atoms with van der Waals surface area (Å²) in [7, 11) is 0. The predicted molar refractivity (Wildman–Crippen MR) is 75.5 cm³/mol. The Balaban J connectivity index is 1.86. The number of ether oxygens (including phenoxy) is 1. The molecule has 0 aliphatic heterocycles. The molecule has 0 N–H and O–H groups in total. The molecule has 4 bridgehead atoms. The lowest BCUT2D eigenvalue weighted by Gasteiger charge is -2.62. The van der Waals surface area contributed by atoms with Crippen LogP contribution in [0.4, 0.5) is 0 Å². The van der Waals surface area contributed by atoms with Crippen molar-refractivity contribution in [1.82, 2.24) is 0 Å². The Morgan fingerprint density at radius 2 is 2.00 bits per heavy atom. The first-order valence-electron chi connectivity index (χ1n) is 7.92. The summed E-state index contributed by atoms with van der Waals surface area (Å²) in [5.74, 6) is 3.18. The van der Waals surface area contributed by atoms with Crippen LogP contribution in [0.5, 0.6) is 0 Å². The third-order valence-electron chi connectivity index (χ3n) is 6.29. The van der Waals surface area contributed by atoms with Crippen LogP contribution < -0.4 is 0 Å². The second-order valence-corrected chi connectivity index (χ2v) is 7.14. The number of esters is 1. The molecule has 4 unspecified atom stereocenters. The van der Waals surface area contributed by atoms with E-state index in [1.54, 1.807) is 0 Å². The number of hydrogen-bond donors (Lipinski definition) is 0. The zero-order chi connectivity index (χ0) is 13.6. The van der Waals surface area contributed by atoms with Crippen LogP contribution in [-0.4, -0.2) is 12.1 Å². The Hall–Kier alpha value is -0.790. The van der Waals surface area contributed by atoms with Gasteiger partial charge >= 0.3 is 5.97 Å². The summed E-state index contributed by atoms with van der Waals surface area (Å²) >= 11 is 0. The molecule has 4 rings (SSSR count). The highest BCUT2D eigenvalue weighted by Gasteiger charge is 2.59. The average Bonchev–Trinajstić information content (AvgIpc) is 2.37. The normalized spacial score (nSPS) is 44.9. The van der Waals surface area contributed by atoms with E-state index >= 15 is 0 Å². The monoisotopic (exact) mass is 262 g/mol. The van der Waals surface area contributed by atoms with Gasteiger partial charge in [-0.2, -0.15) is 0 Å². The molecule has 2 heteroatoms. The fourth-order valence-electron chi connectivity index (χ4n) is 5.92. The van der Waals surface area contributed by atoms with E-state index < -0.39 is 0 Å². The van der Waals surface area contributed by atoms with Gasteiger partial charge in [0.1, 0.15) is 6.10 Å². The summed E-state index contributed by atoms with van der Waals surface area (Å²) in [5, 5.41) is 0. The Bertz CT molecular complexity index is 373. The SMILES string of the molecule is C=CC(=O)OC(C)C12CC3CC(CC(C3)C1CC)C2. The molecule has 0 amide bonds. The first kappa shape index (κ1) is 13.2. The van der Waals surface area contributed by atoms with Crippen LogP contribution in [0.3, 0.4) is 0 Å². The molecule has 0 aromatic rings. The van der Waals surface area contributed by atoms with Gasteiger partial charge in [-0.15, -0.1) is 0 Å². The highest BCUT2D eigenvalue weighted by Crippen LogP contribution is 2.65. The first-order valence-corrected chi connectivity index (χ1v) is 7.92. The summed E-state index contributed by atoms with van der Waals surface area (Å²) in [5.41, 5.74) is 0.266. The van der Waals surface area contributed by atoms with Crippen molar-refractivity contribution in [3.63, 3.8) is 0 Å². The standard InChI is InChI=1S/C17H26O2/c1-4-15-14-7-12-6-13(8-14)10-17(15,9-12)11(3)19-16(18)5-2/h5,11-15H,2,4,6-10H2,1,3H3. The van der Waals surface area contributed by atoms with Gasteiger partial charge in [0.2, 0.25) is 0 Å². The second-order valence-electron chi connectivity index (χ2n) is 7.14. The number of carbonyl (C=O) groups is 1. The minimum atomic E-state index is -0.252. The predicted octanol–water partition coefficient (Wildman–Crippen LogP) is 3.96. The van der Waals surface area contributed by atoms with E-state index in [4.69, 9.17) is 4.74 Å². The topological polar surface area (TPSA) is 26.3 Å². The molecule has 4 aliphatic rings. The summed E-state index contributed by atoms with van der Waals surface area (Å²) in [6.07, 6.45) is 9.44. The first-order chi connectivity index (χ1) is 9.09. The lowest BCUT2D eigenvalue weighted by atomic mass is 9.43. The van der Waals surface area contributed by atoms with Crippen molar-refractivity contribution in [3.8, 4) is 0 Å². The summed E-state index contributed by atoms with van der Waals surface area (Å²) in [4.78, 5) is 11.6. The van der Waals surface area contributed by atoms with E-state index in [1.165, 1.54) is 44.6 Å². The Kier molecular flexibility index (Phi) is 3.23. The van der Waals surface area contributed by atoms with Gasteiger partial charge in [-0.25, -0.2) is 4.79 Å². The van der Waals surface area contributed by atoms with Crippen LogP contribution >= 0.6 is 0 Å². The van der Waals surface area contributed by atoms with E-state index in [9.17, 15) is 4.79 Å². The molecule has 106 valence electrons. The third kappa shape index (κ3) is 1.95. The molecule has 0 aromatic carbocycles. The second kappa shape index (κ2) is 4.64. The molecule has 4 aliphatic carbocycles. The zero-order valence-corrected chi connectivity index (χ0v) is 12.2. The summed E-state index contributed by atoms with van der Waals surface area (Å²) in [6.45, 7) is 7.96. The molecule has 19 heavy (non-hydrogen) atoms. The highest BCUT2D eigenvalue weighted by atomic mass is 16.5. The van der Waals surface area contributed by atoms with Crippen molar-refractivity contribution >= 4 is 5.97 Å². The molecular weight excluding hydrogens is 236 g/mol. The minimum absolute atomic E-state index is 0.0522. The number of rotatable bonds is 4. The van der Waals surface area contributed by atoms with Crippen LogP contribution in [0.15, 0.2) is 12.7 Å². The Morgan fingerprint density at radius 1 is 1.37 bits per heavy atom. The van der Waals surface area contributed by atoms with Crippen LogP contribution in [0.25, 0.3) is 0 Å². The van der Waals surface area contributed by atoms with Gasteiger partial charge in [-0.3, -0.25) is 0 Å².